The molecule has 21 heavy (non-hydrogen) atoms. The summed E-state index contributed by atoms with van der Waals surface area (Å²) in [6.45, 7) is 3.87. The van der Waals surface area contributed by atoms with Crippen LogP contribution in [-0.2, 0) is 17.9 Å². The van der Waals surface area contributed by atoms with Crippen LogP contribution >= 0.6 is 15.9 Å². The third-order valence-corrected chi connectivity index (χ3v) is 5.33. The van der Waals surface area contributed by atoms with Gasteiger partial charge in [-0.2, -0.15) is 0 Å². The van der Waals surface area contributed by atoms with E-state index >= 15 is 0 Å². The van der Waals surface area contributed by atoms with Gasteiger partial charge in [0.25, 0.3) is 0 Å². The van der Waals surface area contributed by atoms with Crippen molar-refractivity contribution in [1.82, 2.24) is 4.90 Å². The van der Waals surface area contributed by atoms with E-state index in [1.54, 1.807) is 0 Å². The molecule has 0 saturated carbocycles. The summed E-state index contributed by atoms with van der Waals surface area (Å²) in [5, 5.41) is 0. The highest BCUT2D eigenvalue weighted by Crippen LogP contribution is 2.39. The van der Waals surface area contributed by atoms with Gasteiger partial charge in [0.05, 0.1) is 12.7 Å². The number of hydrogen-bond donors (Lipinski definition) is 0. The second kappa shape index (κ2) is 5.56. The molecule has 2 aliphatic rings. The predicted molar refractivity (Wildman–Crippen MR) is 87.2 cm³/mol. The van der Waals surface area contributed by atoms with E-state index in [2.05, 4.69) is 69.4 Å². The van der Waals surface area contributed by atoms with Gasteiger partial charge in [-0.3, -0.25) is 4.90 Å². The lowest BCUT2D eigenvalue weighted by Crippen LogP contribution is -2.27. The van der Waals surface area contributed by atoms with Gasteiger partial charge in [-0.15, -0.1) is 0 Å². The Balaban J connectivity index is 1.55. The van der Waals surface area contributed by atoms with Crippen LogP contribution in [0.3, 0.4) is 0 Å². The van der Waals surface area contributed by atoms with Crippen LogP contribution < -0.4 is 0 Å². The van der Waals surface area contributed by atoms with Crippen LogP contribution in [0.1, 0.15) is 22.6 Å². The molecular formula is C18H18BrNO. The summed E-state index contributed by atoms with van der Waals surface area (Å²) in [6.07, 6.45) is 0.343. The molecule has 2 nitrogen and oxygen atoms in total. The predicted octanol–water partition coefficient (Wildman–Crippen LogP) is 3.95. The molecule has 0 amide bonds. The van der Waals surface area contributed by atoms with Crippen LogP contribution in [0.25, 0.3) is 0 Å². The minimum Gasteiger partial charge on any atom is -0.371 e. The van der Waals surface area contributed by atoms with E-state index in [0.29, 0.717) is 12.0 Å². The van der Waals surface area contributed by atoms with Crippen LogP contribution in [0.15, 0.2) is 53.0 Å². The quantitative estimate of drug-likeness (QED) is 0.818. The smallest absolute Gasteiger partial charge is 0.0787 e. The topological polar surface area (TPSA) is 12.5 Å². The molecule has 2 atom stereocenters. The second-order valence-corrected chi connectivity index (χ2v) is 6.80. The van der Waals surface area contributed by atoms with Gasteiger partial charge in [-0.05, 0) is 22.8 Å². The molecule has 0 aromatic heterocycles. The van der Waals surface area contributed by atoms with E-state index < -0.39 is 0 Å². The SMILES string of the molecule is Brc1cccc2c1CO[C@H]1CN(Cc3ccccc3)C[C@@H]21. The molecule has 0 bridgehead atoms. The molecule has 2 aromatic carbocycles. The lowest BCUT2D eigenvalue weighted by molar-refractivity contribution is 0.0245. The van der Waals surface area contributed by atoms with Crippen LogP contribution in [-0.4, -0.2) is 24.1 Å². The molecule has 3 heteroatoms. The van der Waals surface area contributed by atoms with Gasteiger partial charge < -0.3 is 4.74 Å². The van der Waals surface area contributed by atoms with Gasteiger partial charge >= 0.3 is 0 Å². The van der Waals surface area contributed by atoms with Crippen molar-refractivity contribution in [1.29, 1.82) is 0 Å². The van der Waals surface area contributed by atoms with Gasteiger partial charge in [-0.1, -0.05) is 58.4 Å². The number of nitrogens with zero attached hydrogens (tertiary/aromatic N) is 1. The maximum Gasteiger partial charge on any atom is 0.0787 e. The first-order chi connectivity index (χ1) is 10.3. The van der Waals surface area contributed by atoms with Crippen molar-refractivity contribution < 1.29 is 4.74 Å². The molecule has 2 heterocycles. The maximum absolute atomic E-state index is 6.11. The van der Waals surface area contributed by atoms with Crippen molar-refractivity contribution in [3.63, 3.8) is 0 Å². The fourth-order valence-corrected chi connectivity index (χ4v) is 4.05. The zero-order valence-corrected chi connectivity index (χ0v) is 13.4. The summed E-state index contributed by atoms with van der Waals surface area (Å²) in [5.41, 5.74) is 4.18. The Morgan fingerprint density at radius 3 is 2.76 bits per heavy atom. The van der Waals surface area contributed by atoms with Crippen molar-refractivity contribution in [3.05, 3.63) is 69.7 Å². The molecule has 0 aliphatic carbocycles. The van der Waals surface area contributed by atoms with E-state index in [1.165, 1.54) is 21.2 Å². The van der Waals surface area contributed by atoms with Crippen LogP contribution in [0.2, 0.25) is 0 Å². The Kier molecular flexibility index (Phi) is 3.57. The standard InChI is InChI=1S/C18H18BrNO/c19-17-8-4-7-14-15-10-20(9-13-5-2-1-3-6-13)11-18(15)21-12-16(14)17/h1-8,15,18H,9-12H2/t15-,18-/m0/s1. The van der Waals surface area contributed by atoms with Crippen molar-refractivity contribution >= 4 is 15.9 Å². The number of ether oxygens (including phenoxy) is 1. The largest absolute Gasteiger partial charge is 0.371 e. The van der Waals surface area contributed by atoms with Gasteiger partial charge in [0, 0.05) is 30.0 Å². The molecule has 0 N–H and O–H groups in total. The third kappa shape index (κ3) is 2.54. The van der Waals surface area contributed by atoms with Crippen molar-refractivity contribution in [3.8, 4) is 0 Å². The lowest BCUT2D eigenvalue weighted by Gasteiger charge is -2.28. The lowest BCUT2D eigenvalue weighted by atomic mass is 9.90. The average molecular weight is 344 g/mol. The molecule has 108 valence electrons. The zero-order valence-electron chi connectivity index (χ0n) is 11.8. The summed E-state index contributed by atoms with van der Waals surface area (Å²) >= 11 is 3.65. The molecule has 2 aliphatic heterocycles. The Labute approximate surface area is 133 Å². The number of rotatable bonds is 2. The fourth-order valence-electron chi connectivity index (χ4n) is 3.56. The molecule has 1 fully saturated rings. The number of benzene rings is 2. The summed E-state index contributed by atoms with van der Waals surface area (Å²) in [6, 6.07) is 17.2. The molecule has 0 spiro atoms. The zero-order chi connectivity index (χ0) is 14.2. The van der Waals surface area contributed by atoms with Crippen LogP contribution in [0.4, 0.5) is 0 Å². The Bertz CT molecular complexity index is 643. The molecule has 1 saturated heterocycles. The summed E-state index contributed by atoms with van der Waals surface area (Å²) in [5.74, 6) is 0.509. The summed E-state index contributed by atoms with van der Waals surface area (Å²) in [7, 11) is 0. The fraction of sp³-hybridized carbons (Fsp3) is 0.333. The molecule has 0 radical (unpaired) electrons. The Morgan fingerprint density at radius 2 is 1.90 bits per heavy atom. The number of hydrogen-bond acceptors (Lipinski definition) is 2. The first kappa shape index (κ1) is 13.5. The van der Waals surface area contributed by atoms with Gasteiger partial charge in [0.15, 0.2) is 0 Å². The molecule has 0 unspecified atom stereocenters. The molecule has 2 aromatic rings. The highest BCUT2D eigenvalue weighted by atomic mass is 79.9. The Hall–Kier alpha value is -1.16. The van der Waals surface area contributed by atoms with Crippen LogP contribution in [0.5, 0.6) is 0 Å². The molecular weight excluding hydrogens is 326 g/mol. The second-order valence-electron chi connectivity index (χ2n) is 5.94. The number of likely N-dealkylation sites (tertiary alicyclic amines) is 1. The van der Waals surface area contributed by atoms with Gasteiger partial charge in [0.1, 0.15) is 0 Å². The average Bonchev–Trinajstić information content (AvgIpc) is 2.91. The van der Waals surface area contributed by atoms with Gasteiger partial charge in [0.2, 0.25) is 0 Å². The first-order valence-electron chi connectivity index (χ1n) is 7.46. The van der Waals surface area contributed by atoms with E-state index in [-0.39, 0.29) is 0 Å². The van der Waals surface area contributed by atoms with Crippen molar-refractivity contribution in [2.75, 3.05) is 13.1 Å². The number of halogens is 1. The highest BCUT2D eigenvalue weighted by Gasteiger charge is 2.38. The van der Waals surface area contributed by atoms with E-state index in [1.807, 2.05) is 0 Å². The van der Waals surface area contributed by atoms with Gasteiger partial charge in [-0.25, -0.2) is 0 Å². The summed E-state index contributed by atoms with van der Waals surface area (Å²) in [4.78, 5) is 2.51. The van der Waals surface area contributed by atoms with E-state index in [4.69, 9.17) is 4.74 Å². The third-order valence-electron chi connectivity index (χ3n) is 4.59. The normalized spacial score (nSPS) is 24.6. The minimum atomic E-state index is 0.343. The van der Waals surface area contributed by atoms with Crippen molar-refractivity contribution in [2.45, 2.75) is 25.2 Å². The minimum absolute atomic E-state index is 0.343. The maximum atomic E-state index is 6.11. The van der Waals surface area contributed by atoms with E-state index in [0.717, 1.165) is 26.2 Å². The number of fused-ring (bicyclic) bond motifs is 3. The summed E-state index contributed by atoms with van der Waals surface area (Å²) < 4.78 is 7.29. The monoisotopic (exact) mass is 343 g/mol. The van der Waals surface area contributed by atoms with Crippen LogP contribution in [0, 0.1) is 0 Å². The van der Waals surface area contributed by atoms with Crippen molar-refractivity contribution in [2.24, 2.45) is 0 Å². The first-order valence-corrected chi connectivity index (χ1v) is 8.26. The molecule has 4 rings (SSSR count). The highest BCUT2D eigenvalue weighted by molar-refractivity contribution is 9.10. The van der Waals surface area contributed by atoms with E-state index in [9.17, 15) is 0 Å². The Morgan fingerprint density at radius 1 is 1.05 bits per heavy atom.